The molecule has 1 atom stereocenters. The second kappa shape index (κ2) is 9.64. The minimum absolute atomic E-state index is 0.283. The topological polar surface area (TPSA) is 67.8 Å². The monoisotopic (exact) mass is 347 g/mol. The molecule has 0 amide bonds. The van der Waals surface area contributed by atoms with E-state index in [1.54, 1.807) is 18.2 Å². The molecule has 0 aromatic heterocycles. The number of nitrogens with one attached hydrogen (secondary N) is 1. The van der Waals surface area contributed by atoms with Crippen molar-refractivity contribution in [1.82, 2.24) is 5.32 Å². The Bertz CT molecular complexity index is 675. The first-order chi connectivity index (χ1) is 12.0. The lowest BCUT2D eigenvalue weighted by atomic mass is 10.1. The molecule has 0 aliphatic rings. The van der Waals surface area contributed by atoms with Crippen LogP contribution in [0.4, 0.5) is 4.39 Å². The van der Waals surface area contributed by atoms with Crippen LogP contribution in [0.15, 0.2) is 48.5 Å². The molecule has 5 nitrogen and oxygen atoms in total. The van der Waals surface area contributed by atoms with Gasteiger partial charge in [0.15, 0.2) is 6.10 Å². The maximum atomic E-state index is 12.8. The number of halogens is 1. The molecule has 0 saturated heterocycles. The van der Waals surface area contributed by atoms with Gasteiger partial charge in [-0.1, -0.05) is 12.1 Å². The number of carbonyl (C=O) groups is 1. The van der Waals surface area contributed by atoms with Crippen molar-refractivity contribution in [3.05, 3.63) is 59.9 Å². The van der Waals surface area contributed by atoms with Crippen LogP contribution in [0.3, 0.4) is 0 Å². The SMILES string of the molecule is CC(Oc1cccc(CCNCCOc2ccc(F)cc2)c1)C(=O)O. The smallest absolute Gasteiger partial charge is 0.344 e. The Morgan fingerprint density at radius 1 is 1.16 bits per heavy atom. The molecule has 0 radical (unpaired) electrons. The maximum absolute atomic E-state index is 12.8. The second-order valence-electron chi connectivity index (χ2n) is 5.55. The van der Waals surface area contributed by atoms with Crippen LogP contribution < -0.4 is 14.8 Å². The lowest BCUT2D eigenvalue weighted by Crippen LogP contribution is -2.24. The molecule has 0 heterocycles. The molecule has 25 heavy (non-hydrogen) atoms. The van der Waals surface area contributed by atoms with Gasteiger partial charge in [-0.15, -0.1) is 0 Å². The molecule has 6 heteroatoms. The van der Waals surface area contributed by atoms with Crippen molar-refractivity contribution < 1.29 is 23.8 Å². The van der Waals surface area contributed by atoms with Crippen LogP contribution in [0.1, 0.15) is 12.5 Å². The van der Waals surface area contributed by atoms with Crippen LogP contribution >= 0.6 is 0 Å². The standard InChI is InChI=1S/C19H22FNO4/c1-14(19(22)23)25-18-4-2-3-15(13-18)9-10-21-11-12-24-17-7-5-16(20)6-8-17/h2-8,13-14,21H,9-12H2,1H3,(H,22,23). The minimum atomic E-state index is -0.992. The Morgan fingerprint density at radius 2 is 1.92 bits per heavy atom. The molecule has 0 saturated carbocycles. The number of hydrogen-bond acceptors (Lipinski definition) is 4. The summed E-state index contributed by atoms with van der Waals surface area (Å²) >= 11 is 0. The summed E-state index contributed by atoms with van der Waals surface area (Å²) in [6, 6.07) is 13.3. The summed E-state index contributed by atoms with van der Waals surface area (Å²) in [6.45, 7) is 3.41. The van der Waals surface area contributed by atoms with Gasteiger partial charge in [0, 0.05) is 6.54 Å². The van der Waals surface area contributed by atoms with Gasteiger partial charge in [0.05, 0.1) is 0 Å². The number of aliphatic carboxylic acids is 1. The first-order valence-corrected chi connectivity index (χ1v) is 8.12. The Morgan fingerprint density at radius 3 is 2.64 bits per heavy atom. The van der Waals surface area contributed by atoms with Gasteiger partial charge in [0.1, 0.15) is 23.9 Å². The van der Waals surface area contributed by atoms with Crippen LogP contribution in [-0.2, 0) is 11.2 Å². The molecule has 2 aromatic rings. The predicted octanol–water partition coefficient (Wildman–Crippen LogP) is 2.89. The van der Waals surface area contributed by atoms with Gasteiger partial charge in [0.25, 0.3) is 0 Å². The zero-order chi connectivity index (χ0) is 18.1. The molecular formula is C19H22FNO4. The summed E-state index contributed by atoms with van der Waals surface area (Å²) in [4.78, 5) is 10.8. The average molecular weight is 347 g/mol. The van der Waals surface area contributed by atoms with Crippen molar-refractivity contribution in [3.63, 3.8) is 0 Å². The lowest BCUT2D eigenvalue weighted by Gasteiger charge is -2.12. The van der Waals surface area contributed by atoms with Gasteiger partial charge >= 0.3 is 5.97 Å². The highest BCUT2D eigenvalue weighted by Crippen LogP contribution is 2.15. The van der Waals surface area contributed by atoms with Crippen molar-refractivity contribution in [2.24, 2.45) is 0 Å². The van der Waals surface area contributed by atoms with Crippen molar-refractivity contribution in [2.75, 3.05) is 19.7 Å². The molecule has 0 bridgehead atoms. The molecule has 0 aliphatic carbocycles. The van der Waals surface area contributed by atoms with E-state index in [1.165, 1.54) is 19.1 Å². The van der Waals surface area contributed by atoms with Crippen LogP contribution in [0.25, 0.3) is 0 Å². The van der Waals surface area contributed by atoms with E-state index in [0.29, 0.717) is 24.7 Å². The number of carboxylic acid groups (broad SMARTS) is 1. The van der Waals surface area contributed by atoms with Gasteiger partial charge in [-0.25, -0.2) is 9.18 Å². The number of ether oxygens (including phenoxy) is 2. The molecule has 0 fully saturated rings. The summed E-state index contributed by atoms with van der Waals surface area (Å²) in [5.41, 5.74) is 1.06. The zero-order valence-corrected chi connectivity index (χ0v) is 14.1. The third-order valence-corrected chi connectivity index (χ3v) is 3.51. The number of carboxylic acids is 1. The third kappa shape index (κ3) is 6.81. The largest absolute Gasteiger partial charge is 0.492 e. The molecule has 2 aromatic carbocycles. The van der Waals surface area contributed by atoms with Gasteiger partial charge < -0.3 is 19.9 Å². The van der Waals surface area contributed by atoms with Crippen molar-refractivity contribution in [2.45, 2.75) is 19.4 Å². The van der Waals surface area contributed by atoms with Crippen molar-refractivity contribution >= 4 is 5.97 Å². The lowest BCUT2D eigenvalue weighted by molar-refractivity contribution is -0.144. The van der Waals surface area contributed by atoms with Gasteiger partial charge in [0.2, 0.25) is 0 Å². The Hall–Kier alpha value is -2.60. The number of benzene rings is 2. The predicted molar refractivity (Wildman–Crippen MR) is 92.6 cm³/mol. The summed E-state index contributed by atoms with van der Waals surface area (Å²) in [7, 11) is 0. The highest BCUT2D eigenvalue weighted by molar-refractivity contribution is 5.72. The van der Waals surface area contributed by atoms with E-state index in [9.17, 15) is 9.18 Å². The first-order valence-electron chi connectivity index (χ1n) is 8.12. The molecule has 2 N–H and O–H groups in total. The van der Waals surface area contributed by atoms with Crippen LogP contribution in [0.2, 0.25) is 0 Å². The Labute approximate surface area is 146 Å². The quantitative estimate of drug-likeness (QED) is 0.647. The Kier molecular flexibility index (Phi) is 7.22. The summed E-state index contributed by atoms with van der Waals surface area (Å²) < 4.78 is 23.6. The van der Waals surface area contributed by atoms with E-state index in [4.69, 9.17) is 14.6 Å². The van der Waals surface area contributed by atoms with E-state index in [2.05, 4.69) is 5.32 Å². The highest BCUT2D eigenvalue weighted by atomic mass is 19.1. The molecular weight excluding hydrogens is 325 g/mol. The second-order valence-corrected chi connectivity index (χ2v) is 5.55. The molecule has 0 spiro atoms. The number of rotatable bonds is 10. The van der Waals surface area contributed by atoms with Crippen LogP contribution in [-0.4, -0.2) is 36.9 Å². The Balaban J connectivity index is 1.66. The van der Waals surface area contributed by atoms with E-state index in [-0.39, 0.29) is 5.82 Å². The number of hydrogen-bond donors (Lipinski definition) is 2. The van der Waals surface area contributed by atoms with Crippen LogP contribution in [0.5, 0.6) is 11.5 Å². The molecule has 134 valence electrons. The normalized spacial score (nSPS) is 11.8. The fourth-order valence-corrected chi connectivity index (χ4v) is 2.16. The highest BCUT2D eigenvalue weighted by Gasteiger charge is 2.12. The average Bonchev–Trinajstić information content (AvgIpc) is 2.60. The van der Waals surface area contributed by atoms with E-state index in [0.717, 1.165) is 18.5 Å². The molecule has 0 aliphatic heterocycles. The fraction of sp³-hybridized carbons (Fsp3) is 0.316. The zero-order valence-electron chi connectivity index (χ0n) is 14.1. The van der Waals surface area contributed by atoms with Gasteiger partial charge in [-0.2, -0.15) is 0 Å². The van der Waals surface area contributed by atoms with Gasteiger partial charge in [-0.05, 0) is 61.9 Å². The van der Waals surface area contributed by atoms with E-state index < -0.39 is 12.1 Å². The summed E-state index contributed by atoms with van der Waals surface area (Å²) in [5.74, 6) is -0.0877. The molecule has 1 unspecified atom stereocenters. The van der Waals surface area contributed by atoms with Crippen LogP contribution in [0, 0.1) is 5.82 Å². The van der Waals surface area contributed by atoms with Crippen molar-refractivity contribution in [3.8, 4) is 11.5 Å². The third-order valence-electron chi connectivity index (χ3n) is 3.51. The molecule has 2 rings (SSSR count). The van der Waals surface area contributed by atoms with Gasteiger partial charge in [-0.3, -0.25) is 0 Å². The van der Waals surface area contributed by atoms with E-state index >= 15 is 0 Å². The summed E-state index contributed by atoms with van der Waals surface area (Å²) in [5, 5.41) is 12.1. The minimum Gasteiger partial charge on any atom is -0.492 e. The maximum Gasteiger partial charge on any atom is 0.344 e. The van der Waals surface area contributed by atoms with Crippen molar-refractivity contribution in [1.29, 1.82) is 0 Å². The first kappa shape index (κ1) is 18.7. The fourth-order valence-electron chi connectivity index (χ4n) is 2.16. The summed E-state index contributed by atoms with van der Waals surface area (Å²) in [6.07, 6.45) is -0.0909. The van der Waals surface area contributed by atoms with E-state index in [1.807, 2.05) is 18.2 Å².